The predicted octanol–water partition coefficient (Wildman–Crippen LogP) is 7.12. The molecule has 2 heterocycles. The SMILES string of the molecule is Fc1ccc(-c2nn(-c3ccccc3)cc2-c2nc(-c3ccc(Cl)cc3)cs2)cc1. The van der Waals surface area contributed by atoms with E-state index in [0.717, 1.165) is 38.8 Å². The second-order valence-corrected chi connectivity index (χ2v) is 8.02. The molecule has 0 N–H and O–H groups in total. The van der Waals surface area contributed by atoms with Crippen LogP contribution in [-0.2, 0) is 0 Å². The zero-order valence-corrected chi connectivity index (χ0v) is 17.2. The molecule has 0 aliphatic rings. The number of rotatable bonds is 4. The first-order valence-corrected chi connectivity index (χ1v) is 10.6. The van der Waals surface area contributed by atoms with Crippen LogP contribution in [0.25, 0.3) is 38.8 Å². The van der Waals surface area contributed by atoms with Crippen LogP contribution in [0.4, 0.5) is 4.39 Å². The summed E-state index contributed by atoms with van der Waals surface area (Å²) in [7, 11) is 0. The van der Waals surface area contributed by atoms with Crippen LogP contribution in [-0.4, -0.2) is 14.8 Å². The molecule has 5 rings (SSSR count). The minimum atomic E-state index is -0.276. The third-order valence-corrected chi connectivity index (χ3v) is 5.85. The van der Waals surface area contributed by atoms with Crippen molar-refractivity contribution in [2.45, 2.75) is 0 Å². The van der Waals surface area contributed by atoms with Gasteiger partial charge in [-0.25, -0.2) is 14.1 Å². The van der Waals surface area contributed by atoms with Crippen molar-refractivity contribution in [2.24, 2.45) is 0 Å². The fourth-order valence-electron chi connectivity index (χ4n) is 3.22. The van der Waals surface area contributed by atoms with E-state index >= 15 is 0 Å². The lowest BCUT2D eigenvalue weighted by Crippen LogP contribution is -1.94. The molecule has 0 spiro atoms. The Morgan fingerprint density at radius 3 is 2.27 bits per heavy atom. The lowest BCUT2D eigenvalue weighted by atomic mass is 10.1. The first kappa shape index (κ1) is 18.7. The summed E-state index contributed by atoms with van der Waals surface area (Å²) < 4.78 is 15.3. The second-order valence-electron chi connectivity index (χ2n) is 6.72. The monoisotopic (exact) mass is 431 g/mol. The van der Waals surface area contributed by atoms with Gasteiger partial charge in [0.2, 0.25) is 0 Å². The van der Waals surface area contributed by atoms with Crippen LogP contribution in [0.3, 0.4) is 0 Å². The smallest absolute Gasteiger partial charge is 0.127 e. The highest BCUT2D eigenvalue weighted by molar-refractivity contribution is 7.13. The summed E-state index contributed by atoms with van der Waals surface area (Å²) in [4.78, 5) is 4.84. The molecule has 0 unspecified atom stereocenters. The van der Waals surface area contributed by atoms with Crippen molar-refractivity contribution in [3.05, 3.63) is 101 Å². The Balaban J connectivity index is 1.62. The van der Waals surface area contributed by atoms with Crippen molar-refractivity contribution < 1.29 is 4.39 Å². The summed E-state index contributed by atoms with van der Waals surface area (Å²) in [5.74, 6) is -0.276. The maximum atomic E-state index is 13.5. The molecule has 0 saturated carbocycles. The van der Waals surface area contributed by atoms with Crippen LogP contribution in [0, 0.1) is 5.82 Å². The molecule has 0 amide bonds. The Kier molecular flexibility index (Phi) is 4.91. The molecule has 5 aromatic rings. The predicted molar refractivity (Wildman–Crippen MR) is 121 cm³/mol. The number of aromatic nitrogens is 3. The highest BCUT2D eigenvalue weighted by Gasteiger charge is 2.17. The van der Waals surface area contributed by atoms with Gasteiger partial charge in [-0.2, -0.15) is 5.10 Å². The van der Waals surface area contributed by atoms with Gasteiger partial charge in [0, 0.05) is 27.7 Å². The lowest BCUT2D eigenvalue weighted by molar-refractivity contribution is 0.628. The maximum absolute atomic E-state index is 13.5. The van der Waals surface area contributed by atoms with E-state index in [-0.39, 0.29) is 5.82 Å². The van der Waals surface area contributed by atoms with Crippen molar-refractivity contribution in [1.29, 1.82) is 0 Å². The normalized spacial score (nSPS) is 11.0. The minimum absolute atomic E-state index is 0.276. The van der Waals surface area contributed by atoms with Crippen LogP contribution in [0.1, 0.15) is 0 Å². The zero-order chi connectivity index (χ0) is 20.5. The molecule has 3 nitrogen and oxygen atoms in total. The Morgan fingerprint density at radius 2 is 1.53 bits per heavy atom. The van der Waals surface area contributed by atoms with Gasteiger partial charge in [-0.05, 0) is 48.5 Å². The molecule has 3 aromatic carbocycles. The molecular formula is C24H15ClFN3S. The Labute approximate surface area is 182 Å². The average molecular weight is 432 g/mol. The molecule has 0 bridgehead atoms. The molecule has 2 aromatic heterocycles. The Bertz CT molecular complexity index is 1290. The molecule has 0 atom stereocenters. The number of para-hydroxylation sites is 1. The Hall–Kier alpha value is -3.28. The van der Waals surface area contributed by atoms with Crippen LogP contribution in [0.5, 0.6) is 0 Å². The van der Waals surface area contributed by atoms with Gasteiger partial charge in [0.25, 0.3) is 0 Å². The van der Waals surface area contributed by atoms with E-state index in [9.17, 15) is 4.39 Å². The third-order valence-electron chi connectivity index (χ3n) is 4.73. The molecule has 0 saturated heterocycles. The van der Waals surface area contributed by atoms with Crippen molar-refractivity contribution in [3.8, 4) is 38.8 Å². The van der Waals surface area contributed by atoms with Crippen molar-refractivity contribution in [2.75, 3.05) is 0 Å². The van der Waals surface area contributed by atoms with Gasteiger partial charge in [0.05, 0.1) is 16.9 Å². The van der Waals surface area contributed by atoms with E-state index in [2.05, 4.69) is 0 Å². The number of nitrogens with zero attached hydrogens (tertiary/aromatic N) is 3. The first-order valence-electron chi connectivity index (χ1n) is 9.30. The molecule has 0 aliphatic heterocycles. The quantitative estimate of drug-likeness (QED) is 0.303. The maximum Gasteiger partial charge on any atom is 0.127 e. The van der Waals surface area contributed by atoms with E-state index in [4.69, 9.17) is 21.7 Å². The van der Waals surface area contributed by atoms with E-state index in [1.165, 1.54) is 12.1 Å². The van der Waals surface area contributed by atoms with Crippen molar-refractivity contribution in [3.63, 3.8) is 0 Å². The van der Waals surface area contributed by atoms with Gasteiger partial charge in [0.1, 0.15) is 16.5 Å². The number of thiazole rings is 1. The summed E-state index contributed by atoms with van der Waals surface area (Å²) in [6, 6.07) is 23.9. The Morgan fingerprint density at radius 1 is 0.833 bits per heavy atom. The van der Waals surface area contributed by atoms with Crippen LogP contribution >= 0.6 is 22.9 Å². The third kappa shape index (κ3) is 3.65. The fraction of sp³-hybridized carbons (Fsp3) is 0. The molecule has 0 fully saturated rings. The van der Waals surface area contributed by atoms with Gasteiger partial charge in [-0.15, -0.1) is 11.3 Å². The van der Waals surface area contributed by atoms with Crippen molar-refractivity contribution >= 4 is 22.9 Å². The van der Waals surface area contributed by atoms with Crippen molar-refractivity contribution in [1.82, 2.24) is 14.8 Å². The van der Waals surface area contributed by atoms with Gasteiger partial charge in [0.15, 0.2) is 0 Å². The van der Waals surface area contributed by atoms with Gasteiger partial charge >= 0.3 is 0 Å². The zero-order valence-electron chi connectivity index (χ0n) is 15.7. The van der Waals surface area contributed by atoms with Crippen LogP contribution < -0.4 is 0 Å². The minimum Gasteiger partial charge on any atom is -0.240 e. The van der Waals surface area contributed by atoms with E-state index < -0.39 is 0 Å². The summed E-state index contributed by atoms with van der Waals surface area (Å²) in [6.07, 6.45) is 1.97. The topological polar surface area (TPSA) is 30.7 Å². The molecular weight excluding hydrogens is 417 g/mol. The fourth-order valence-corrected chi connectivity index (χ4v) is 4.18. The number of hydrogen-bond acceptors (Lipinski definition) is 3. The highest BCUT2D eigenvalue weighted by atomic mass is 35.5. The van der Waals surface area contributed by atoms with E-state index in [1.54, 1.807) is 23.5 Å². The summed E-state index contributed by atoms with van der Waals surface area (Å²) in [5, 5.41) is 8.35. The average Bonchev–Trinajstić information content (AvgIpc) is 3.43. The second kappa shape index (κ2) is 7.86. The largest absolute Gasteiger partial charge is 0.240 e. The highest BCUT2D eigenvalue weighted by Crippen LogP contribution is 2.36. The van der Waals surface area contributed by atoms with Gasteiger partial charge in [-0.1, -0.05) is 41.9 Å². The van der Waals surface area contributed by atoms with Crippen LogP contribution in [0.2, 0.25) is 5.02 Å². The summed E-state index contributed by atoms with van der Waals surface area (Å²) in [6.45, 7) is 0. The lowest BCUT2D eigenvalue weighted by Gasteiger charge is -2.01. The molecule has 0 aliphatic carbocycles. The van der Waals surface area contributed by atoms with E-state index in [1.807, 2.05) is 70.9 Å². The first-order chi connectivity index (χ1) is 14.7. The number of benzene rings is 3. The number of hydrogen-bond donors (Lipinski definition) is 0. The van der Waals surface area contributed by atoms with E-state index in [0.29, 0.717) is 5.02 Å². The standard InChI is InChI=1S/C24H15ClFN3S/c25-18-10-6-16(7-11-18)22-15-30-24(27-22)21-14-29(20-4-2-1-3-5-20)28-23(21)17-8-12-19(26)13-9-17/h1-15H. The molecule has 146 valence electrons. The summed E-state index contributed by atoms with van der Waals surface area (Å²) in [5.41, 5.74) is 5.32. The van der Waals surface area contributed by atoms with Gasteiger partial charge in [-0.3, -0.25) is 0 Å². The number of halogens is 2. The molecule has 30 heavy (non-hydrogen) atoms. The molecule has 0 radical (unpaired) electrons. The van der Waals surface area contributed by atoms with Crippen LogP contribution in [0.15, 0.2) is 90.4 Å². The van der Waals surface area contributed by atoms with Gasteiger partial charge < -0.3 is 0 Å². The molecule has 6 heteroatoms. The summed E-state index contributed by atoms with van der Waals surface area (Å²) >= 11 is 7.56.